The van der Waals surface area contributed by atoms with Crippen LogP contribution in [-0.2, 0) is 6.18 Å². The number of amides is 1. The second kappa shape index (κ2) is 7.22. The monoisotopic (exact) mass is 431 g/mol. The van der Waals surface area contributed by atoms with Gasteiger partial charge >= 0.3 is 6.18 Å². The molecule has 0 unspecified atom stereocenters. The molecule has 9 heteroatoms. The van der Waals surface area contributed by atoms with E-state index in [1.807, 2.05) is 4.90 Å². The van der Waals surface area contributed by atoms with E-state index in [1.54, 1.807) is 4.90 Å². The van der Waals surface area contributed by atoms with E-state index < -0.39 is 17.6 Å². The zero-order chi connectivity index (χ0) is 18.9. The largest absolute Gasteiger partial charge is 0.417 e. The fourth-order valence-corrected chi connectivity index (χ4v) is 3.13. The number of nitrogens with zero attached hydrogens (tertiary/aromatic N) is 3. The van der Waals surface area contributed by atoms with Crippen LogP contribution in [0.25, 0.3) is 0 Å². The number of hydrogen-bond acceptors (Lipinski definition) is 3. The van der Waals surface area contributed by atoms with Gasteiger partial charge in [0.15, 0.2) is 0 Å². The molecule has 0 bridgehead atoms. The van der Waals surface area contributed by atoms with E-state index in [0.29, 0.717) is 36.5 Å². The van der Waals surface area contributed by atoms with Crippen molar-refractivity contribution in [1.82, 2.24) is 9.88 Å². The molecule has 0 radical (unpaired) electrons. The smallest absolute Gasteiger partial charge is 0.353 e. The van der Waals surface area contributed by atoms with Gasteiger partial charge in [0.2, 0.25) is 0 Å². The Morgan fingerprint density at radius 2 is 1.77 bits per heavy atom. The third-order valence-electron chi connectivity index (χ3n) is 4.12. The van der Waals surface area contributed by atoms with Gasteiger partial charge in [-0.3, -0.25) is 4.79 Å². The van der Waals surface area contributed by atoms with E-state index >= 15 is 0 Å². The number of carbonyl (C=O) groups excluding carboxylic acids is 1. The summed E-state index contributed by atoms with van der Waals surface area (Å²) in [6.07, 6.45) is -3.62. The normalized spacial score (nSPS) is 15.3. The molecule has 0 saturated carbocycles. The second-order valence-electron chi connectivity index (χ2n) is 5.81. The van der Waals surface area contributed by atoms with Crippen molar-refractivity contribution in [2.45, 2.75) is 6.18 Å². The molecule has 0 spiro atoms. The van der Waals surface area contributed by atoms with E-state index in [2.05, 4.69) is 20.9 Å². The Morgan fingerprint density at radius 3 is 2.35 bits per heavy atom. The van der Waals surface area contributed by atoms with Gasteiger partial charge < -0.3 is 9.80 Å². The van der Waals surface area contributed by atoms with Gasteiger partial charge in [0, 0.05) is 36.8 Å². The first-order chi connectivity index (χ1) is 12.3. The first-order valence-corrected chi connectivity index (χ1v) is 8.57. The predicted octanol–water partition coefficient (Wildman–Crippen LogP) is 3.96. The van der Waals surface area contributed by atoms with Crippen molar-refractivity contribution < 1.29 is 22.4 Å². The highest BCUT2D eigenvalue weighted by Crippen LogP contribution is 2.29. The summed E-state index contributed by atoms with van der Waals surface area (Å²) in [6, 6.07) is 6.23. The Balaban J connectivity index is 1.65. The molecule has 2 heterocycles. The Hall–Kier alpha value is -2.16. The minimum atomic E-state index is -4.42. The topological polar surface area (TPSA) is 36.4 Å². The number of piperazine rings is 1. The van der Waals surface area contributed by atoms with E-state index in [0.717, 1.165) is 12.3 Å². The molecule has 26 heavy (non-hydrogen) atoms. The van der Waals surface area contributed by atoms with Crippen LogP contribution in [-0.4, -0.2) is 42.0 Å². The predicted molar refractivity (Wildman–Crippen MR) is 91.5 cm³/mol. The summed E-state index contributed by atoms with van der Waals surface area (Å²) in [5.74, 6) is -0.363. The molecule has 1 aromatic heterocycles. The summed E-state index contributed by atoms with van der Waals surface area (Å²) in [5, 5.41) is 0. The van der Waals surface area contributed by atoms with E-state index in [9.17, 15) is 22.4 Å². The van der Waals surface area contributed by atoms with Crippen LogP contribution in [0.1, 0.15) is 15.9 Å². The lowest BCUT2D eigenvalue weighted by atomic mass is 10.1. The van der Waals surface area contributed by atoms with Gasteiger partial charge in [-0.05, 0) is 46.3 Å². The van der Waals surface area contributed by atoms with Crippen LogP contribution in [0.5, 0.6) is 0 Å². The molecule has 1 aliphatic rings. The van der Waals surface area contributed by atoms with Crippen molar-refractivity contribution in [3.63, 3.8) is 0 Å². The summed E-state index contributed by atoms with van der Waals surface area (Å²) in [6.45, 7) is 1.59. The Morgan fingerprint density at radius 1 is 1.08 bits per heavy atom. The summed E-state index contributed by atoms with van der Waals surface area (Å²) < 4.78 is 51.7. The molecule has 138 valence electrons. The molecular formula is C17H14BrF4N3O. The summed E-state index contributed by atoms with van der Waals surface area (Å²) in [7, 11) is 0. The number of halogens is 5. The average molecular weight is 432 g/mol. The maximum atomic E-state index is 13.4. The molecule has 1 aromatic carbocycles. The fraction of sp³-hybridized carbons (Fsp3) is 0.294. The Kier molecular flexibility index (Phi) is 5.17. The molecule has 0 N–H and O–H groups in total. The van der Waals surface area contributed by atoms with Gasteiger partial charge in [-0.15, -0.1) is 0 Å². The minimum absolute atomic E-state index is 0.242. The summed E-state index contributed by atoms with van der Waals surface area (Å²) in [4.78, 5) is 19.8. The second-order valence-corrected chi connectivity index (χ2v) is 6.66. The van der Waals surface area contributed by atoms with Gasteiger partial charge in [-0.25, -0.2) is 9.37 Å². The number of aromatic nitrogens is 1. The molecule has 0 atom stereocenters. The van der Waals surface area contributed by atoms with Gasteiger partial charge in [0.05, 0.1) is 11.1 Å². The number of alkyl halides is 3. The first-order valence-electron chi connectivity index (χ1n) is 7.78. The van der Waals surface area contributed by atoms with Crippen molar-refractivity contribution in [2.24, 2.45) is 0 Å². The number of rotatable bonds is 2. The number of hydrogen-bond donors (Lipinski definition) is 0. The third kappa shape index (κ3) is 3.98. The lowest BCUT2D eigenvalue weighted by Crippen LogP contribution is -2.49. The quantitative estimate of drug-likeness (QED) is 0.675. The van der Waals surface area contributed by atoms with Crippen molar-refractivity contribution in [2.75, 3.05) is 31.1 Å². The van der Waals surface area contributed by atoms with Gasteiger partial charge in [-0.1, -0.05) is 0 Å². The molecule has 1 fully saturated rings. The Bertz CT molecular complexity index is 803. The maximum absolute atomic E-state index is 13.4. The standard InChI is InChI=1S/C17H14BrF4N3O/c18-14-3-2-12(19)9-13(14)16(26)25-7-5-24(6-8-25)15-4-1-11(10-23-15)17(20,21)22/h1-4,9-10H,5-8H2. The molecule has 1 amide bonds. The van der Waals surface area contributed by atoms with E-state index in [4.69, 9.17) is 0 Å². The van der Waals surface area contributed by atoms with Crippen LogP contribution in [0.15, 0.2) is 41.0 Å². The van der Waals surface area contributed by atoms with Crippen LogP contribution in [0.4, 0.5) is 23.4 Å². The molecular weight excluding hydrogens is 418 g/mol. The highest BCUT2D eigenvalue weighted by atomic mass is 79.9. The molecule has 1 aliphatic heterocycles. The lowest BCUT2D eigenvalue weighted by molar-refractivity contribution is -0.137. The van der Waals surface area contributed by atoms with Gasteiger partial charge in [-0.2, -0.15) is 13.2 Å². The van der Waals surface area contributed by atoms with Crippen LogP contribution in [0.3, 0.4) is 0 Å². The highest BCUT2D eigenvalue weighted by molar-refractivity contribution is 9.10. The van der Waals surface area contributed by atoms with Gasteiger partial charge in [0.25, 0.3) is 5.91 Å². The van der Waals surface area contributed by atoms with Crippen molar-refractivity contribution >= 4 is 27.7 Å². The fourth-order valence-electron chi connectivity index (χ4n) is 2.71. The van der Waals surface area contributed by atoms with E-state index in [1.165, 1.54) is 24.3 Å². The zero-order valence-electron chi connectivity index (χ0n) is 13.4. The average Bonchev–Trinajstić information content (AvgIpc) is 2.63. The zero-order valence-corrected chi connectivity index (χ0v) is 15.0. The number of anilines is 1. The summed E-state index contributed by atoms with van der Waals surface area (Å²) >= 11 is 3.24. The maximum Gasteiger partial charge on any atom is 0.417 e. The van der Waals surface area contributed by atoms with Crippen LogP contribution < -0.4 is 4.90 Å². The minimum Gasteiger partial charge on any atom is -0.353 e. The van der Waals surface area contributed by atoms with Gasteiger partial charge in [0.1, 0.15) is 11.6 Å². The summed E-state index contributed by atoms with van der Waals surface area (Å²) in [5.41, 5.74) is -0.558. The molecule has 4 nitrogen and oxygen atoms in total. The molecule has 0 aliphatic carbocycles. The first kappa shape index (κ1) is 18.6. The van der Waals surface area contributed by atoms with E-state index in [-0.39, 0.29) is 11.5 Å². The molecule has 3 rings (SSSR count). The van der Waals surface area contributed by atoms with Crippen LogP contribution in [0, 0.1) is 5.82 Å². The van der Waals surface area contributed by atoms with Crippen LogP contribution in [0.2, 0.25) is 0 Å². The number of benzene rings is 1. The number of carbonyl (C=O) groups is 1. The third-order valence-corrected chi connectivity index (χ3v) is 4.82. The Labute approximate surface area is 155 Å². The molecule has 2 aromatic rings. The van der Waals surface area contributed by atoms with Crippen LogP contribution >= 0.6 is 15.9 Å². The van der Waals surface area contributed by atoms with Crippen molar-refractivity contribution in [3.05, 3.63) is 57.9 Å². The van der Waals surface area contributed by atoms with Crippen molar-refractivity contribution in [3.8, 4) is 0 Å². The lowest BCUT2D eigenvalue weighted by Gasteiger charge is -2.35. The number of pyridine rings is 1. The SMILES string of the molecule is O=C(c1cc(F)ccc1Br)N1CCN(c2ccc(C(F)(F)F)cn2)CC1. The van der Waals surface area contributed by atoms with Crippen molar-refractivity contribution in [1.29, 1.82) is 0 Å². The molecule has 1 saturated heterocycles. The highest BCUT2D eigenvalue weighted by Gasteiger charge is 2.31.